The molecule has 4 heteroatoms. The van der Waals surface area contributed by atoms with Crippen LogP contribution in [0, 0.1) is 5.41 Å². The van der Waals surface area contributed by atoms with E-state index in [1.54, 1.807) is 0 Å². The number of amides is 2. The van der Waals surface area contributed by atoms with Gasteiger partial charge in [0.1, 0.15) is 0 Å². The van der Waals surface area contributed by atoms with Gasteiger partial charge in [-0.1, -0.05) is 48.5 Å². The van der Waals surface area contributed by atoms with Crippen molar-refractivity contribution in [3.8, 4) is 0 Å². The second kappa shape index (κ2) is 7.55. The Morgan fingerprint density at radius 1 is 0.852 bits per heavy atom. The number of piperidine rings is 2. The molecule has 0 aliphatic carbocycles. The van der Waals surface area contributed by atoms with E-state index in [1.807, 2.05) is 58.3 Å². The van der Waals surface area contributed by atoms with Crippen LogP contribution in [0.25, 0.3) is 0 Å². The normalized spacial score (nSPS) is 19.3. The molecule has 2 aromatic rings. The summed E-state index contributed by atoms with van der Waals surface area (Å²) in [7, 11) is 0. The van der Waals surface area contributed by atoms with Gasteiger partial charge >= 0.3 is 0 Å². The van der Waals surface area contributed by atoms with Crippen molar-refractivity contribution in [1.29, 1.82) is 0 Å². The Morgan fingerprint density at radius 2 is 1.48 bits per heavy atom. The lowest BCUT2D eigenvalue weighted by molar-refractivity contribution is -0.150. The zero-order valence-corrected chi connectivity index (χ0v) is 15.6. The Labute approximate surface area is 160 Å². The first kappa shape index (κ1) is 17.8. The quantitative estimate of drug-likeness (QED) is 0.835. The second-order valence-electron chi connectivity index (χ2n) is 7.75. The molecule has 27 heavy (non-hydrogen) atoms. The molecule has 0 unspecified atom stereocenters. The second-order valence-corrected chi connectivity index (χ2v) is 7.75. The minimum Gasteiger partial charge on any atom is -0.339 e. The van der Waals surface area contributed by atoms with E-state index in [9.17, 15) is 9.59 Å². The number of benzene rings is 2. The van der Waals surface area contributed by atoms with E-state index < -0.39 is 0 Å². The smallest absolute Gasteiger partial charge is 0.253 e. The van der Waals surface area contributed by atoms with E-state index in [2.05, 4.69) is 12.1 Å². The zero-order valence-electron chi connectivity index (χ0n) is 15.6. The van der Waals surface area contributed by atoms with Crippen LogP contribution in [0.3, 0.4) is 0 Å². The number of carbonyl (C=O) groups excluding carboxylic acids is 2. The average molecular weight is 362 g/mol. The number of nitrogens with zero attached hydrogens (tertiary/aromatic N) is 2. The maximum Gasteiger partial charge on any atom is 0.253 e. The Bertz CT molecular complexity index is 796. The van der Waals surface area contributed by atoms with Crippen molar-refractivity contribution in [2.45, 2.75) is 32.2 Å². The first-order chi connectivity index (χ1) is 13.2. The van der Waals surface area contributed by atoms with Crippen LogP contribution in [0.4, 0.5) is 0 Å². The van der Waals surface area contributed by atoms with Gasteiger partial charge in [-0.15, -0.1) is 0 Å². The molecule has 0 saturated carbocycles. The highest BCUT2D eigenvalue weighted by molar-refractivity contribution is 5.94. The lowest BCUT2D eigenvalue weighted by Gasteiger charge is -2.46. The van der Waals surface area contributed by atoms with E-state index in [0.717, 1.165) is 37.8 Å². The summed E-state index contributed by atoms with van der Waals surface area (Å²) in [5, 5.41) is 0. The van der Waals surface area contributed by atoms with E-state index >= 15 is 0 Å². The molecule has 1 spiro atoms. The molecular formula is C23H26N2O2. The fraction of sp³-hybridized carbons (Fsp3) is 0.391. The van der Waals surface area contributed by atoms with Gasteiger partial charge in [-0.3, -0.25) is 9.59 Å². The molecule has 2 aromatic carbocycles. The standard InChI is InChI=1S/C23H26N2O2/c26-21(20-10-5-2-6-11-20)24-16-13-23(14-17-24)12-7-15-25(22(23)27)18-19-8-3-1-4-9-19/h1-6,8-11H,7,12-18H2. The monoisotopic (exact) mass is 362 g/mol. The summed E-state index contributed by atoms with van der Waals surface area (Å²) < 4.78 is 0. The third-order valence-electron chi connectivity index (χ3n) is 6.07. The number of hydrogen-bond donors (Lipinski definition) is 0. The van der Waals surface area contributed by atoms with Crippen LogP contribution in [0.15, 0.2) is 60.7 Å². The molecule has 2 saturated heterocycles. The van der Waals surface area contributed by atoms with Gasteiger partial charge in [0, 0.05) is 31.7 Å². The van der Waals surface area contributed by atoms with Crippen molar-refractivity contribution in [1.82, 2.24) is 9.80 Å². The van der Waals surface area contributed by atoms with Crippen LogP contribution in [0.1, 0.15) is 41.6 Å². The third-order valence-corrected chi connectivity index (χ3v) is 6.07. The summed E-state index contributed by atoms with van der Waals surface area (Å²) >= 11 is 0. The van der Waals surface area contributed by atoms with Crippen LogP contribution in [-0.4, -0.2) is 41.2 Å². The van der Waals surface area contributed by atoms with Gasteiger partial charge in [0.15, 0.2) is 0 Å². The molecule has 4 nitrogen and oxygen atoms in total. The van der Waals surface area contributed by atoms with Crippen LogP contribution in [-0.2, 0) is 11.3 Å². The molecule has 2 fully saturated rings. The van der Waals surface area contributed by atoms with Gasteiger partial charge in [-0.2, -0.15) is 0 Å². The largest absolute Gasteiger partial charge is 0.339 e. The fourth-order valence-corrected chi connectivity index (χ4v) is 4.47. The van der Waals surface area contributed by atoms with Crippen LogP contribution in [0.5, 0.6) is 0 Å². The molecular weight excluding hydrogens is 336 g/mol. The molecule has 0 N–H and O–H groups in total. The third kappa shape index (κ3) is 3.61. The molecule has 2 aliphatic heterocycles. The van der Waals surface area contributed by atoms with Crippen molar-refractivity contribution in [3.63, 3.8) is 0 Å². The Hall–Kier alpha value is -2.62. The molecule has 2 amide bonds. The first-order valence-corrected chi connectivity index (χ1v) is 9.86. The molecule has 0 radical (unpaired) electrons. The van der Waals surface area contributed by atoms with Gasteiger partial charge in [-0.25, -0.2) is 0 Å². The molecule has 0 aromatic heterocycles. The van der Waals surface area contributed by atoms with Crippen molar-refractivity contribution in [2.24, 2.45) is 5.41 Å². The number of likely N-dealkylation sites (tertiary alicyclic amines) is 2. The minimum absolute atomic E-state index is 0.0786. The van der Waals surface area contributed by atoms with Gasteiger partial charge in [0.05, 0.1) is 5.41 Å². The molecule has 140 valence electrons. The highest BCUT2D eigenvalue weighted by atomic mass is 16.2. The Kier molecular flexibility index (Phi) is 4.97. The summed E-state index contributed by atoms with van der Waals surface area (Å²) in [6.45, 7) is 2.85. The summed E-state index contributed by atoms with van der Waals surface area (Å²) in [6, 6.07) is 19.6. The Balaban J connectivity index is 1.42. The van der Waals surface area contributed by atoms with E-state index in [4.69, 9.17) is 0 Å². The summed E-state index contributed by atoms with van der Waals surface area (Å²) in [5.74, 6) is 0.360. The maximum atomic E-state index is 13.3. The summed E-state index contributed by atoms with van der Waals surface area (Å²) in [4.78, 5) is 29.9. The first-order valence-electron chi connectivity index (χ1n) is 9.86. The highest BCUT2D eigenvalue weighted by Gasteiger charge is 2.46. The van der Waals surface area contributed by atoms with E-state index in [-0.39, 0.29) is 17.2 Å². The van der Waals surface area contributed by atoms with Crippen LogP contribution >= 0.6 is 0 Å². The fourth-order valence-electron chi connectivity index (χ4n) is 4.47. The predicted octanol–water partition coefficient (Wildman–Crippen LogP) is 3.73. The van der Waals surface area contributed by atoms with Crippen molar-refractivity contribution >= 4 is 11.8 Å². The number of rotatable bonds is 3. The van der Waals surface area contributed by atoms with Gasteiger partial charge in [0.2, 0.25) is 5.91 Å². The topological polar surface area (TPSA) is 40.6 Å². The number of hydrogen-bond acceptors (Lipinski definition) is 2. The predicted molar refractivity (Wildman–Crippen MR) is 105 cm³/mol. The van der Waals surface area contributed by atoms with E-state index in [0.29, 0.717) is 19.6 Å². The lowest BCUT2D eigenvalue weighted by Crippen LogP contribution is -2.54. The molecule has 0 bridgehead atoms. The Morgan fingerprint density at radius 3 is 2.15 bits per heavy atom. The van der Waals surface area contributed by atoms with E-state index in [1.165, 1.54) is 5.56 Å². The molecule has 2 heterocycles. The van der Waals surface area contributed by atoms with Crippen LogP contribution in [0.2, 0.25) is 0 Å². The van der Waals surface area contributed by atoms with Crippen molar-refractivity contribution in [3.05, 3.63) is 71.8 Å². The van der Waals surface area contributed by atoms with Gasteiger partial charge < -0.3 is 9.80 Å². The lowest BCUT2D eigenvalue weighted by atomic mass is 9.71. The average Bonchev–Trinajstić information content (AvgIpc) is 2.73. The highest BCUT2D eigenvalue weighted by Crippen LogP contribution is 2.41. The maximum absolute atomic E-state index is 13.3. The van der Waals surface area contributed by atoms with Gasteiger partial charge in [-0.05, 0) is 43.4 Å². The summed E-state index contributed by atoms with van der Waals surface area (Å²) in [6.07, 6.45) is 3.54. The molecule has 4 rings (SSSR count). The summed E-state index contributed by atoms with van der Waals surface area (Å²) in [5.41, 5.74) is 1.63. The minimum atomic E-state index is -0.277. The van der Waals surface area contributed by atoms with Gasteiger partial charge in [0.25, 0.3) is 5.91 Å². The van der Waals surface area contributed by atoms with Crippen molar-refractivity contribution < 1.29 is 9.59 Å². The molecule has 0 atom stereocenters. The zero-order chi connectivity index (χ0) is 18.7. The SMILES string of the molecule is O=C(c1ccccc1)N1CCC2(CCCN(Cc3ccccc3)C2=O)CC1. The van der Waals surface area contributed by atoms with Crippen LogP contribution < -0.4 is 0 Å². The number of carbonyl (C=O) groups is 2. The van der Waals surface area contributed by atoms with Crippen molar-refractivity contribution in [2.75, 3.05) is 19.6 Å². The molecule has 2 aliphatic rings.